The van der Waals surface area contributed by atoms with Crippen molar-refractivity contribution in [3.63, 3.8) is 0 Å². The minimum absolute atomic E-state index is 0.350. The number of nitrogens with zero attached hydrogens (tertiary/aromatic N) is 1. The van der Waals surface area contributed by atoms with Crippen molar-refractivity contribution in [3.05, 3.63) is 0 Å². The molecule has 1 saturated carbocycles. The van der Waals surface area contributed by atoms with E-state index in [1.165, 1.54) is 38.5 Å². The van der Waals surface area contributed by atoms with E-state index in [1.54, 1.807) is 0 Å². The second-order valence-electron chi connectivity index (χ2n) is 5.50. The molecule has 98 valence electrons. The summed E-state index contributed by atoms with van der Waals surface area (Å²) in [5, 5.41) is 3.55. The van der Waals surface area contributed by atoms with Crippen LogP contribution in [0.4, 0.5) is 0 Å². The molecule has 1 saturated heterocycles. The molecule has 3 heteroatoms. The van der Waals surface area contributed by atoms with Gasteiger partial charge in [0.1, 0.15) is 0 Å². The maximum absolute atomic E-state index is 11.9. The maximum Gasteiger partial charge on any atom is 0.223 e. The maximum atomic E-state index is 11.9. The Kier molecular flexibility index (Phi) is 4.84. The number of piperidine rings is 1. The molecule has 3 nitrogen and oxygen atoms in total. The molecule has 1 N–H and O–H groups in total. The number of hydrogen-bond acceptors (Lipinski definition) is 2. The van der Waals surface area contributed by atoms with Gasteiger partial charge in [-0.1, -0.05) is 6.92 Å². The van der Waals surface area contributed by atoms with E-state index in [-0.39, 0.29) is 0 Å². The monoisotopic (exact) mass is 238 g/mol. The van der Waals surface area contributed by atoms with Crippen molar-refractivity contribution in [2.75, 3.05) is 19.6 Å². The van der Waals surface area contributed by atoms with E-state index in [2.05, 4.69) is 12.2 Å². The Hall–Kier alpha value is -0.570. The second-order valence-corrected chi connectivity index (χ2v) is 5.50. The van der Waals surface area contributed by atoms with Crippen molar-refractivity contribution in [2.45, 2.75) is 57.9 Å². The molecule has 1 aliphatic heterocycles. The zero-order valence-corrected chi connectivity index (χ0v) is 11.1. The van der Waals surface area contributed by atoms with Gasteiger partial charge in [0.25, 0.3) is 0 Å². The van der Waals surface area contributed by atoms with Gasteiger partial charge in [-0.25, -0.2) is 0 Å². The van der Waals surface area contributed by atoms with Gasteiger partial charge in [-0.2, -0.15) is 0 Å². The fraction of sp³-hybridized carbons (Fsp3) is 0.929. The van der Waals surface area contributed by atoms with Crippen LogP contribution in [0.2, 0.25) is 0 Å². The molecule has 0 aromatic rings. The SMILES string of the molecule is CCC(NCCC(=O)N1CCCCC1)C1CC1. The first-order chi connectivity index (χ1) is 8.31. The van der Waals surface area contributed by atoms with Crippen LogP contribution in [0.5, 0.6) is 0 Å². The molecule has 1 atom stereocenters. The standard InChI is InChI=1S/C14H26N2O/c1-2-13(12-6-7-12)15-9-8-14(17)16-10-4-3-5-11-16/h12-13,15H,2-11H2,1H3. The minimum Gasteiger partial charge on any atom is -0.343 e. The van der Waals surface area contributed by atoms with Gasteiger partial charge >= 0.3 is 0 Å². The van der Waals surface area contributed by atoms with Crippen molar-refractivity contribution in [2.24, 2.45) is 5.92 Å². The molecule has 2 aliphatic rings. The van der Waals surface area contributed by atoms with Gasteiger partial charge in [-0.15, -0.1) is 0 Å². The predicted molar refractivity (Wildman–Crippen MR) is 69.9 cm³/mol. The first-order valence-electron chi connectivity index (χ1n) is 7.32. The van der Waals surface area contributed by atoms with Crippen molar-refractivity contribution >= 4 is 5.91 Å². The fourth-order valence-corrected chi connectivity index (χ4v) is 2.81. The molecule has 2 rings (SSSR count). The summed E-state index contributed by atoms with van der Waals surface area (Å²) in [4.78, 5) is 14.0. The molecule has 1 amide bonds. The number of rotatable bonds is 6. The predicted octanol–water partition coefficient (Wildman–Crippen LogP) is 2.17. The first kappa shape index (κ1) is 12.9. The van der Waals surface area contributed by atoms with E-state index in [0.717, 1.165) is 25.6 Å². The molecule has 17 heavy (non-hydrogen) atoms. The third kappa shape index (κ3) is 3.98. The average Bonchev–Trinajstić information content (AvgIpc) is 3.20. The topological polar surface area (TPSA) is 32.3 Å². The van der Waals surface area contributed by atoms with E-state index in [4.69, 9.17) is 0 Å². The first-order valence-corrected chi connectivity index (χ1v) is 7.32. The van der Waals surface area contributed by atoms with Crippen LogP contribution in [-0.2, 0) is 4.79 Å². The highest BCUT2D eigenvalue weighted by atomic mass is 16.2. The van der Waals surface area contributed by atoms with Crippen molar-refractivity contribution in [1.82, 2.24) is 10.2 Å². The van der Waals surface area contributed by atoms with Gasteiger partial charge in [-0.3, -0.25) is 4.79 Å². The number of carbonyl (C=O) groups excluding carboxylic acids is 1. The molecular weight excluding hydrogens is 212 g/mol. The number of carbonyl (C=O) groups is 1. The van der Waals surface area contributed by atoms with E-state index in [9.17, 15) is 4.79 Å². The molecule has 1 unspecified atom stereocenters. The Bertz CT molecular complexity index is 245. The number of nitrogens with one attached hydrogen (secondary N) is 1. The smallest absolute Gasteiger partial charge is 0.223 e. The van der Waals surface area contributed by atoms with Gasteiger partial charge < -0.3 is 10.2 Å². The van der Waals surface area contributed by atoms with Gasteiger partial charge in [0, 0.05) is 32.1 Å². The summed E-state index contributed by atoms with van der Waals surface area (Å²) in [5.41, 5.74) is 0. The molecule has 1 aliphatic carbocycles. The van der Waals surface area contributed by atoms with E-state index in [1.807, 2.05) is 4.90 Å². The Morgan fingerprint density at radius 3 is 2.59 bits per heavy atom. The zero-order valence-electron chi connectivity index (χ0n) is 11.1. The Morgan fingerprint density at radius 1 is 1.29 bits per heavy atom. The Balaban J connectivity index is 1.61. The van der Waals surface area contributed by atoms with E-state index >= 15 is 0 Å². The van der Waals surface area contributed by atoms with Crippen LogP contribution in [0.1, 0.15) is 51.9 Å². The van der Waals surface area contributed by atoms with Crippen LogP contribution in [0.15, 0.2) is 0 Å². The van der Waals surface area contributed by atoms with Crippen LogP contribution < -0.4 is 5.32 Å². The summed E-state index contributed by atoms with van der Waals surface area (Å²) in [5.74, 6) is 1.24. The lowest BCUT2D eigenvalue weighted by Crippen LogP contribution is -2.39. The Morgan fingerprint density at radius 2 is 2.00 bits per heavy atom. The average molecular weight is 238 g/mol. The Labute approximate surface area is 105 Å². The van der Waals surface area contributed by atoms with Gasteiger partial charge in [0.15, 0.2) is 0 Å². The summed E-state index contributed by atoms with van der Waals surface area (Å²) < 4.78 is 0. The summed E-state index contributed by atoms with van der Waals surface area (Å²) >= 11 is 0. The quantitative estimate of drug-likeness (QED) is 0.769. The van der Waals surface area contributed by atoms with E-state index in [0.29, 0.717) is 18.4 Å². The zero-order chi connectivity index (χ0) is 12.1. The highest BCUT2D eigenvalue weighted by molar-refractivity contribution is 5.76. The molecule has 0 spiro atoms. The summed E-state index contributed by atoms with van der Waals surface area (Å²) in [6, 6.07) is 0.657. The van der Waals surface area contributed by atoms with Crippen LogP contribution in [-0.4, -0.2) is 36.5 Å². The third-order valence-corrected chi connectivity index (χ3v) is 4.09. The van der Waals surface area contributed by atoms with Crippen molar-refractivity contribution < 1.29 is 4.79 Å². The fourth-order valence-electron chi connectivity index (χ4n) is 2.81. The van der Waals surface area contributed by atoms with E-state index < -0.39 is 0 Å². The number of amides is 1. The minimum atomic E-state index is 0.350. The van der Waals surface area contributed by atoms with Crippen molar-refractivity contribution in [3.8, 4) is 0 Å². The molecular formula is C14H26N2O. The van der Waals surface area contributed by atoms with Crippen LogP contribution in [0, 0.1) is 5.92 Å². The highest BCUT2D eigenvalue weighted by Gasteiger charge is 2.29. The molecule has 0 bridgehead atoms. The van der Waals surface area contributed by atoms with Crippen LogP contribution >= 0.6 is 0 Å². The van der Waals surface area contributed by atoms with Crippen LogP contribution in [0.25, 0.3) is 0 Å². The molecule has 0 radical (unpaired) electrons. The largest absolute Gasteiger partial charge is 0.343 e. The lowest BCUT2D eigenvalue weighted by Gasteiger charge is -2.27. The van der Waals surface area contributed by atoms with Crippen molar-refractivity contribution in [1.29, 1.82) is 0 Å². The van der Waals surface area contributed by atoms with Gasteiger partial charge in [0.05, 0.1) is 0 Å². The number of likely N-dealkylation sites (tertiary alicyclic amines) is 1. The van der Waals surface area contributed by atoms with Crippen LogP contribution in [0.3, 0.4) is 0 Å². The lowest BCUT2D eigenvalue weighted by molar-refractivity contribution is -0.132. The van der Waals surface area contributed by atoms with Gasteiger partial charge in [0.2, 0.25) is 5.91 Å². The molecule has 0 aromatic carbocycles. The normalized spacial score (nSPS) is 22.5. The second kappa shape index (κ2) is 6.39. The molecule has 2 fully saturated rings. The summed E-state index contributed by atoms with van der Waals surface area (Å²) in [6.45, 7) is 5.07. The molecule has 0 aromatic heterocycles. The number of hydrogen-bond donors (Lipinski definition) is 1. The molecule has 1 heterocycles. The summed E-state index contributed by atoms with van der Waals surface area (Å²) in [7, 11) is 0. The highest BCUT2D eigenvalue weighted by Crippen LogP contribution is 2.33. The summed E-state index contributed by atoms with van der Waals surface area (Å²) in [6.07, 6.45) is 8.32. The lowest BCUT2D eigenvalue weighted by atomic mass is 10.1. The third-order valence-electron chi connectivity index (χ3n) is 4.09. The van der Waals surface area contributed by atoms with Gasteiger partial charge in [-0.05, 0) is 44.4 Å².